The molecule has 4 heteroatoms. The maximum atomic E-state index is 13.2. The first-order valence-corrected chi connectivity index (χ1v) is 4.07. The normalized spacial score (nSPS) is 10.1. The molecule has 0 fully saturated rings. The zero-order chi connectivity index (χ0) is 9.97. The number of rotatable bonds is 2. The Balaban J connectivity index is 2.49. The predicted octanol–water partition coefficient (Wildman–Crippen LogP) is 2.03. The standard InChI is InChI=1S/C10H7FN2O/c11-9-4-2-1-3-8(9)10-5-7(6-14)12-13-10/h1-6H,(H,12,13). The first kappa shape index (κ1) is 8.62. The predicted molar refractivity (Wildman–Crippen MR) is 49.4 cm³/mol. The van der Waals surface area contributed by atoms with E-state index >= 15 is 0 Å². The lowest BCUT2D eigenvalue weighted by atomic mass is 10.1. The third-order valence-electron chi connectivity index (χ3n) is 1.87. The van der Waals surface area contributed by atoms with Crippen molar-refractivity contribution < 1.29 is 9.18 Å². The van der Waals surface area contributed by atoms with Crippen molar-refractivity contribution in [3.8, 4) is 11.3 Å². The van der Waals surface area contributed by atoms with Gasteiger partial charge in [-0.2, -0.15) is 5.10 Å². The maximum absolute atomic E-state index is 13.2. The monoisotopic (exact) mass is 190 g/mol. The molecule has 1 heterocycles. The number of nitrogens with one attached hydrogen (secondary N) is 1. The van der Waals surface area contributed by atoms with Gasteiger partial charge in [0.05, 0.1) is 11.4 Å². The van der Waals surface area contributed by atoms with Crippen LogP contribution in [0.4, 0.5) is 4.39 Å². The van der Waals surface area contributed by atoms with Gasteiger partial charge in [0.1, 0.15) is 5.82 Å². The number of halogens is 1. The number of hydrogen-bond donors (Lipinski definition) is 1. The summed E-state index contributed by atoms with van der Waals surface area (Å²) in [6.07, 6.45) is 0.636. The van der Waals surface area contributed by atoms with Gasteiger partial charge in [0, 0.05) is 5.56 Å². The first-order valence-electron chi connectivity index (χ1n) is 4.07. The molecule has 14 heavy (non-hydrogen) atoms. The van der Waals surface area contributed by atoms with Crippen LogP contribution in [0, 0.1) is 5.82 Å². The summed E-state index contributed by atoms with van der Waals surface area (Å²) >= 11 is 0. The number of hydrogen-bond acceptors (Lipinski definition) is 2. The minimum absolute atomic E-state index is 0.336. The van der Waals surface area contributed by atoms with E-state index in [1.807, 2.05) is 0 Å². The number of carbonyl (C=O) groups excluding carboxylic acids is 1. The quantitative estimate of drug-likeness (QED) is 0.736. The van der Waals surface area contributed by atoms with E-state index in [1.165, 1.54) is 12.1 Å². The van der Waals surface area contributed by atoms with Crippen molar-refractivity contribution in [2.75, 3.05) is 0 Å². The zero-order valence-corrected chi connectivity index (χ0v) is 7.20. The summed E-state index contributed by atoms with van der Waals surface area (Å²) in [4.78, 5) is 10.4. The summed E-state index contributed by atoms with van der Waals surface area (Å²) in [5.74, 6) is -0.351. The number of H-pyrrole nitrogens is 1. The van der Waals surface area contributed by atoms with E-state index in [2.05, 4.69) is 10.2 Å². The topological polar surface area (TPSA) is 45.8 Å². The molecule has 1 N–H and O–H groups in total. The number of nitrogens with zero attached hydrogens (tertiary/aromatic N) is 1. The second-order valence-electron chi connectivity index (χ2n) is 2.81. The van der Waals surface area contributed by atoms with E-state index in [4.69, 9.17) is 0 Å². The van der Waals surface area contributed by atoms with E-state index in [1.54, 1.807) is 18.2 Å². The number of benzene rings is 1. The summed E-state index contributed by atoms with van der Waals surface area (Å²) in [5, 5.41) is 6.32. The summed E-state index contributed by atoms with van der Waals surface area (Å²) in [6, 6.07) is 7.79. The summed E-state index contributed by atoms with van der Waals surface area (Å²) < 4.78 is 13.2. The van der Waals surface area contributed by atoms with Gasteiger partial charge in [0.2, 0.25) is 0 Å². The lowest BCUT2D eigenvalue weighted by Gasteiger charge is -1.96. The molecule has 0 saturated carbocycles. The van der Waals surface area contributed by atoms with E-state index in [0.717, 1.165) is 0 Å². The highest BCUT2D eigenvalue weighted by Crippen LogP contribution is 2.20. The van der Waals surface area contributed by atoms with Crippen LogP contribution in [0.5, 0.6) is 0 Å². The molecule has 0 amide bonds. The van der Waals surface area contributed by atoms with Gasteiger partial charge in [-0.25, -0.2) is 4.39 Å². The van der Waals surface area contributed by atoms with Crippen molar-refractivity contribution in [1.29, 1.82) is 0 Å². The highest BCUT2D eigenvalue weighted by Gasteiger charge is 2.07. The average molecular weight is 190 g/mol. The van der Waals surface area contributed by atoms with Crippen molar-refractivity contribution in [3.63, 3.8) is 0 Å². The zero-order valence-electron chi connectivity index (χ0n) is 7.20. The van der Waals surface area contributed by atoms with Crippen molar-refractivity contribution >= 4 is 6.29 Å². The van der Waals surface area contributed by atoms with Crippen LogP contribution in [0.2, 0.25) is 0 Å². The third kappa shape index (κ3) is 1.42. The second kappa shape index (κ2) is 3.41. The molecule has 0 saturated heterocycles. The molecule has 2 rings (SSSR count). The third-order valence-corrected chi connectivity index (χ3v) is 1.87. The molecule has 0 aliphatic carbocycles. The van der Waals surface area contributed by atoms with Crippen LogP contribution >= 0.6 is 0 Å². The maximum Gasteiger partial charge on any atom is 0.167 e. The summed E-state index contributed by atoms with van der Waals surface area (Å²) in [7, 11) is 0. The molecule has 0 atom stereocenters. The average Bonchev–Trinajstić information content (AvgIpc) is 2.67. The Morgan fingerprint density at radius 1 is 1.36 bits per heavy atom. The fraction of sp³-hybridized carbons (Fsp3) is 0. The molecular weight excluding hydrogens is 183 g/mol. The minimum Gasteiger partial charge on any atom is -0.296 e. The Morgan fingerprint density at radius 2 is 2.14 bits per heavy atom. The van der Waals surface area contributed by atoms with Crippen molar-refractivity contribution in [2.24, 2.45) is 0 Å². The SMILES string of the molecule is O=Cc1cc(-c2ccccc2F)n[nH]1. The van der Waals surface area contributed by atoms with E-state index in [-0.39, 0.29) is 5.82 Å². The Kier molecular flexibility index (Phi) is 2.10. The van der Waals surface area contributed by atoms with Crippen LogP contribution < -0.4 is 0 Å². The van der Waals surface area contributed by atoms with Crippen LogP contribution in [0.15, 0.2) is 30.3 Å². The Labute approximate surface area is 79.6 Å². The Morgan fingerprint density at radius 3 is 2.79 bits per heavy atom. The van der Waals surface area contributed by atoms with Gasteiger partial charge in [-0.05, 0) is 18.2 Å². The van der Waals surface area contributed by atoms with Crippen LogP contribution in [0.25, 0.3) is 11.3 Å². The lowest BCUT2D eigenvalue weighted by Crippen LogP contribution is -1.82. The van der Waals surface area contributed by atoms with Gasteiger partial charge in [-0.3, -0.25) is 9.89 Å². The first-order chi connectivity index (χ1) is 6.81. The van der Waals surface area contributed by atoms with Crippen LogP contribution in [0.1, 0.15) is 10.5 Å². The van der Waals surface area contributed by atoms with Gasteiger partial charge >= 0.3 is 0 Å². The molecule has 1 aromatic heterocycles. The van der Waals surface area contributed by atoms with Gasteiger partial charge < -0.3 is 0 Å². The van der Waals surface area contributed by atoms with Crippen molar-refractivity contribution in [2.45, 2.75) is 0 Å². The molecule has 0 unspecified atom stereocenters. The summed E-state index contributed by atoms with van der Waals surface area (Å²) in [6.45, 7) is 0. The Hall–Kier alpha value is -1.97. The van der Waals surface area contributed by atoms with Crippen molar-refractivity contribution in [3.05, 3.63) is 41.8 Å². The highest BCUT2D eigenvalue weighted by atomic mass is 19.1. The van der Waals surface area contributed by atoms with E-state index < -0.39 is 0 Å². The molecule has 70 valence electrons. The minimum atomic E-state index is -0.351. The molecule has 0 spiro atoms. The van der Waals surface area contributed by atoms with E-state index in [0.29, 0.717) is 23.2 Å². The van der Waals surface area contributed by atoms with Crippen molar-refractivity contribution in [1.82, 2.24) is 10.2 Å². The molecule has 0 radical (unpaired) electrons. The fourth-order valence-electron chi connectivity index (χ4n) is 1.20. The highest BCUT2D eigenvalue weighted by molar-refractivity contribution is 5.75. The van der Waals surface area contributed by atoms with Gasteiger partial charge in [0.15, 0.2) is 6.29 Å². The molecule has 1 aromatic carbocycles. The molecule has 2 aromatic rings. The molecular formula is C10H7FN2O. The number of aromatic amines is 1. The smallest absolute Gasteiger partial charge is 0.167 e. The lowest BCUT2D eigenvalue weighted by molar-refractivity contribution is 0.111. The molecule has 0 aliphatic rings. The number of carbonyl (C=O) groups is 1. The van der Waals surface area contributed by atoms with Crippen LogP contribution in [-0.4, -0.2) is 16.5 Å². The molecule has 0 bridgehead atoms. The second-order valence-corrected chi connectivity index (χ2v) is 2.81. The van der Waals surface area contributed by atoms with Crippen LogP contribution in [-0.2, 0) is 0 Å². The summed E-state index contributed by atoms with van der Waals surface area (Å²) in [5.41, 5.74) is 1.16. The molecule has 0 aliphatic heterocycles. The van der Waals surface area contributed by atoms with Gasteiger partial charge in [-0.15, -0.1) is 0 Å². The largest absolute Gasteiger partial charge is 0.296 e. The van der Waals surface area contributed by atoms with Crippen LogP contribution in [0.3, 0.4) is 0 Å². The number of aldehydes is 1. The fourth-order valence-corrected chi connectivity index (χ4v) is 1.20. The van der Waals surface area contributed by atoms with Gasteiger partial charge in [-0.1, -0.05) is 12.1 Å². The molecule has 3 nitrogen and oxygen atoms in total. The van der Waals surface area contributed by atoms with Gasteiger partial charge in [0.25, 0.3) is 0 Å². The number of aromatic nitrogens is 2. The Bertz CT molecular complexity index is 465. The van der Waals surface area contributed by atoms with E-state index in [9.17, 15) is 9.18 Å².